The van der Waals surface area contributed by atoms with Crippen LogP contribution in [0.1, 0.15) is 13.3 Å². The van der Waals surface area contributed by atoms with Crippen LogP contribution in [-0.2, 0) is 14.8 Å². The van der Waals surface area contributed by atoms with Crippen molar-refractivity contribution in [2.75, 3.05) is 18.4 Å². The predicted octanol–water partition coefficient (Wildman–Crippen LogP) is 0.479. The lowest BCUT2D eigenvalue weighted by Gasteiger charge is -2.13. The van der Waals surface area contributed by atoms with Crippen LogP contribution in [0.25, 0.3) is 0 Å². The molecule has 2 N–H and O–H groups in total. The summed E-state index contributed by atoms with van der Waals surface area (Å²) in [5.74, 6) is -0.266. The summed E-state index contributed by atoms with van der Waals surface area (Å²) in [7, 11) is -3.67. The highest BCUT2D eigenvalue weighted by molar-refractivity contribution is 7.89. The van der Waals surface area contributed by atoms with Gasteiger partial charge in [-0.1, -0.05) is 6.07 Å². The lowest BCUT2D eigenvalue weighted by Crippen LogP contribution is -2.36. The fraction of sp³-hybridized carbons (Fsp3) is 0.385. The average Bonchev–Trinajstić information content (AvgIpc) is 2.85. The Morgan fingerprint density at radius 1 is 1.48 bits per heavy atom. The zero-order valence-electron chi connectivity index (χ0n) is 11.5. The number of benzene rings is 1. The number of hydrogen-bond acceptors (Lipinski definition) is 5. The number of sulfonamides is 1. The SMILES string of the molecule is CC(=O)Nc1cccc(S(=O)(=O)N[C@@H]2CCN(C#N)C2)c1. The van der Waals surface area contributed by atoms with E-state index in [-0.39, 0.29) is 16.8 Å². The molecule has 1 saturated heterocycles. The van der Waals surface area contributed by atoms with Crippen molar-refractivity contribution in [1.82, 2.24) is 9.62 Å². The van der Waals surface area contributed by atoms with Gasteiger partial charge in [-0.25, -0.2) is 13.1 Å². The Morgan fingerprint density at radius 3 is 2.86 bits per heavy atom. The Balaban J connectivity index is 2.13. The molecule has 8 heteroatoms. The first kappa shape index (κ1) is 15.3. The Morgan fingerprint density at radius 2 is 2.24 bits per heavy atom. The van der Waals surface area contributed by atoms with E-state index in [9.17, 15) is 13.2 Å². The molecule has 1 aromatic rings. The van der Waals surface area contributed by atoms with Crippen LogP contribution >= 0.6 is 0 Å². The Bertz CT molecular complexity index is 681. The third kappa shape index (κ3) is 3.93. The molecule has 0 bridgehead atoms. The van der Waals surface area contributed by atoms with Gasteiger partial charge in [-0.2, -0.15) is 5.26 Å². The number of nitrogens with zero attached hydrogens (tertiary/aromatic N) is 2. The maximum absolute atomic E-state index is 12.3. The zero-order chi connectivity index (χ0) is 15.5. The lowest BCUT2D eigenvalue weighted by molar-refractivity contribution is -0.114. The maximum Gasteiger partial charge on any atom is 0.240 e. The summed E-state index contributed by atoms with van der Waals surface area (Å²) in [6.07, 6.45) is 2.60. The predicted molar refractivity (Wildman–Crippen MR) is 76.7 cm³/mol. The first-order valence-electron chi connectivity index (χ1n) is 6.45. The summed E-state index contributed by atoms with van der Waals surface area (Å²) in [6, 6.07) is 5.77. The van der Waals surface area contributed by atoms with Crippen LogP contribution in [0.5, 0.6) is 0 Å². The second-order valence-corrected chi connectivity index (χ2v) is 6.58. The third-order valence-electron chi connectivity index (χ3n) is 3.12. The van der Waals surface area contributed by atoms with E-state index in [4.69, 9.17) is 5.26 Å². The molecule has 1 fully saturated rings. The average molecular weight is 308 g/mol. The highest BCUT2D eigenvalue weighted by Crippen LogP contribution is 2.17. The van der Waals surface area contributed by atoms with Crippen LogP contribution in [-0.4, -0.2) is 38.4 Å². The van der Waals surface area contributed by atoms with E-state index in [2.05, 4.69) is 10.0 Å². The van der Waals surface area contributed by atoms with Gasteiger partial charge in [0.1, 0.15) is 0 Å². The molecule has 1 aliphatic heterocycles. The molecule has 7 nitrogen and oxygen atoms in total. The third-order valence-corrected chi connectivity index (χ3v) is 4.63. The van der Waals surface area contributed by atoms with Crippen LogP contribution in [0.2, 0.25) is 0 Å². The van der Waals surface area contributed by atoms with E-state index in [0.717, 1.165) is 0 Å². The molecule has 0 saturated carbocycles. The number of hydrogen-bond donors (Lipinski definition) is 2. The zero-order valence-corrected chi connectivity index (χ0v) is 12.4. The highest BCUT2D eigenvalue weighted by atomic mass is 32.2. The number of anilines is 1. The molecule has 0 aromatic heterocycles. The lowest BCUT2D eigenvalue weighted by atomic mass is 10.3. The minimum atomic E-state index is -3.67. The normalized spacial score (nSPS) is 18.3. The monoisotopic (exact) mass is 308 g/mol. The first-order chi connectivity index (χ1) is 9.90. The molecule has 1 aromatic carbocycles. The number of nitriles is 1. The van der Waals surface area contributed by atoms with E-state index in [1.54, 1.807) is 12.1 Å². The Hall–Kier alpha value is -2.11. The second-order valence-electron chi connectivity index (χ2n) is 4.86. The van der Waals surface area contributed by atoms with Crippen molar-refractivity contribution in [1.29, 1.82) is 5.26 Å². The second kappa shape index (κ2) is 6.11. The van der Waals surface area contributed by atoms with E-state index in [1.165, 1.54) is 24.0 Å². The van der Waals surface area contributed by atoms with Crippen LogP contribution in [0, 0.1) is 11.5 Å². The Kier molecular flexibility index (Phi) is 4.45. The summed E-state index contributed by atoms with van der Waals surface area (Å²) in [5.41, 5.74) is 0.426. The van der Waals surface area contributed by atoms with Crippen LogP contribution in [0.3, 0.4) is 0 Å². The van der Waals surface area contributed by atoms with Gasteiger partial charge in [0.15, 0.2) is 6.19 Å². The molecule has 2 rings (SSSR count). The van der Waals surface area contributed by atoms with E-state index >= 15 is 0 Å². The van der Waals surface area contributed by atoms with Gasteiger partial charge in [0.25, 0.3) is 0 Å². The molecule has 1 aliphatic rings. The number of amides is 1. The van der Waals surface area contributed by atoms with Gasteiger partial charge >= 0.3 is 0 Å². The van der Waals surface area contributed by atoms with Crippen LogP contribution < -0.4 is 10.0 Å². The summed E-state index contributed by atoms with van der Waals surface area (Å²) in [6.45, 7) is 2.28. The van der Waals surface area contributed by atoms with Crippen molar-refractivity contribution in [3.05, 3.63) is 24.3 Å². The van der Waals surface area contributed by atoms with Crippen molar-refractivity contribution < 1.29 is 13.2 Å². The van der Waals surface area contributed by atoms with Gasteiger partial charge in [0.05, 0.1) is 4.90 Å². The van der Waals surface area contributed by atoms with E-state index in [0.29, 0.717) is 25.2 Å². The number of likely N-dealkylation sites (tertiary alicyclic amines) is 1. The van der Waals surface area contributed by atoms with Gasteiger partial charge in [0.2, 0.25) is 15.9 Å². The molecule has 0 spiro atoms. The Labute approximate surface area is 123 Å². The summed E-state index contributed by atoms with van der Waals surface area (Å²) in [5, 5.41) is 11.3. The van der Waals surface area contributed by atoms with Gasteiger partial charge in [-0.15, -0.1) is 0 Å². The summed E-state index contributed by atoms with van der Waals surface area (Å²) in [4.78, 5) is 12.6. The van der Waals surface area contributed by atoms with Crippen molar-refractivity contribution in [3.8, 4) is 6.19 Å². The highest BCUT2D eigenvalue weighted by Gasteiger charge is 2.26. The molecule has 112 valence electrons. The molecule has 1 heterocycles. The van der Waals surface area contributed by atoms with Gasteiger partial charge in [-0.3, -0.25) is 4.79 Å². The maximum atomic E-state index is 12.3. The van der Waals surface area contributed by atoms with Crippen LogP contribution in [0.4, 0.5) is 5.69 Å². The summed E-state index contributed by atoms with van der Waals surface area (Å²) < 4.78 is 27.2. The molecule has 0 radical (unpaired) electrons. The number of carbonyl (C=O) groups excluding carboxylic acids is 1. The van der Waals surface area contributed by atoms with Gasteiger partial charge in [0, 0.05) is 31.7 Å². The molecule has 0 unspecified atom stereocenters. The fourth-order valence-electron chi connectivity index (χ4n) is 2.18. The first-order valence-corrected chi connectivity index (χ1v) is 7.94. The molecular formula is C13H16N4O3S. The van der Waals surface area contributed by atoms with E-state index in [1.807, 2.05) is 6.19 Å². The molecular weight excluding hydrogens is 292 g/mol. The molecule has 21 heavy (non-hydrogen) atoms. The van der Waals surface area contributed by atoms with Gasteiger partial charge < -0.3 is 10.2 Å². The van der Waals surface area contributed by atoms with Crippen molar-refractivity contribution in [3.63, 3.8) is 0 Å². The quantitative estimate of drug-likeness (QED) is 0.788. The minimum absolute atomic E-state index is 0.0872. The summed E-state index contributed by atoms with van der Waals surface area (Å²) >= 11 is 0. The molecule has 1 atom stereocenters. The standard InChI is InChI=1S/C13H16N4O3S/c1-10(18)15-11-3-2-4-13(7-11)21(19,20)16-12-5-6-17(8-12)9-14/h2-4,7,12,16H,5-6,8H2,1H3,(H,15,18)/t12-/m1/s1. The van der Waals surface area contributed by atoms with Crippen molar-refractivity contribution in [2.24, 2.45) is 0 Å². The largest absolute Gasteiger partial charge is 0.326 e. The van der Waals surface area contributed by atoms with E-state index < -0.39 is 10.0 Å². The van der Waals surface area contributed by atoms with Crippen LogP contribution in [0.15, 0.2) is 29.2 Å². The topological polar surface area (TPSA) is 102 Å². The van der Waals surface area contributed by atoms with Crippen molar-refractivity contribution >= 4 is 21.6 Å². The molecule has 1 amide bonds. The number of carbonyl (C=O) groups is 1. The number of nitrogens with one attached hydrogen (secondary N) is 2. The number of rotatable bonds is 4. The smallest absolute Gasteiger partial charge is 0.240 e. The van der Waals surface area contributed by atoms with Crippen molar-refractivity contribution in [2.45, 2.75) is 24.3 Å². The molecule has 0 aliphatic carbocycles. The minimum Gasteiger partial charge on any atom is -0.326 e. The fourth-order valence-corrected chi connectivity index (χ4v) is 3.49. The van der Waals surface area contributed by atoms with Gasteiger partial charge in [-0.05, 0) is 24.6 Å².